The number of aromatic nitrogens is 2. The highest BCUT2D eigenvalue weighted by Gasteiger charge is 2.30. The standard InChI is InChI=1S/C17H16FN2O6PS/c18-12-1-3-14-10(5-12)8-23-27(26-14)24-9-13-2-4-15(25-13)20-6-11(7-21)16(28)19-17(20)22/h1,3,5-7,13,15H,2,4,8-9H2,(H,19,22,28). The summed E-state index contributed by atoms with van der Waals surface area (Å²) >= 11 is 4.94. The van der Waals surface area contributed by atoms with E-state index in [1.54, 1.807) is 6.07 Å². The Labute approximate surface area is 165 Å². The van der Waals surface area contributed by atoms with Crippen molar-refractivity contribution >= 4 is 27.1 Å². The monoisotopic (exact) mass is 426 g/mol. The molecule has 1 saturated heterocycles. The van der Waals surface area contributed by atoms with E-state index < -0.39 is 20.5 Å². The van der Waals surface area contributed by atoms with Gasteiger partial charge in [-0.15, -0.1) is 0 Å². The van der Waals surface area contributed by atoms with Crippen molar-refractivity contribution in [2.45, 2.75) is 31.8 Å². The first kappa shape index (κ1) is 19.4. The van der Waals surface area contributed by atoms with Crippen LogP contribution in [0.5, 0.6) is 5.75 Å². The van der Waals surface area contributed by atoms with Crippen LogP contribution < -0.4 is 10.2 Å². The Morgan fingerprint density at radius 3 is 3.11 bits per heavy atom. The molecule has 0 saturated carbocycles. The third-order valence-corrected chi connectivity index (χ3v) is 5.79. The molecule has 11 heteroatoms. The third-order valence-electron chi connectivity index (χ3n) is 4.40. The minimum atomic E-state index is -1.61. The van der Waals surface area contributed by atoms with Gasteiger partial charge in [-0.1, -0.05) is 12.2 Å². The highest BCUT2D eigenvalue weighted by Crippen LogP contribution is 2.47. The Bertz CT molecular complexity index is 1010. The van der Waals surface area contributed by atoms with Gasteiger partial charge in [-0.05, 0) is 31.0 Å². The Balaban J connectivity index is 1.35. The molecule has 2 aromatic rings. The van der Waals surface area contributed by atoms with Gasteiger partial charge in [0.05, 0.1) is 24.9 Å². The Morgan fingerprint density at radius 1 is 1.43 bits per heavy atom. The summed E-state index contributed by atoms with van der Waals surface area (Å²) in [7, 11) is -1.61. The maximum atomic E-state index is 13.2. The lowest BCUT2D eigenvalue weighted by atomic mass is 10.2. The molecule has 148 valence electrons. The summed E-state index contributed by atoms with van der Waals surface area (Å²) in [4.78, 5) is 25.6. The molecular weight excluding hydrogens is 410 g/mol. The van der Waals surface area contributed by atoms with Gasteiger partial charge in [0.2, 0.25) is 0 Å². The van der Waals surface area contributed by atoms with Gasteiger partial charge in [-0.2, -0.15) is 0 Å². The van der Waals surface area contributed by atoms with E-state index in [4.69, 9.17) is 30.5 Å². The van der Waals surface area contributed by atoms with Gasteiger partial charge in [0.25, 0.3) is 0 Å². The largest absolute Gasteiger partial charge is 0.426 e. The van der Waals surface area contributed by atoms with Crippen LogP contribution in [0, 0.1) is 10.5 Å². The van der Waals surface area contributed by atoms with E-state index in [-0.39, 0.29) is 35.3 Å². The van der Waals surface area contributed by atoms with Crippen LogP contribution in [0.3, 0.4) is 0 Å². The summed E-state index contributed by atoms with van der Waals surface area (Å²) in [5.41, 5.74) is 0.418. The van der Waals surface area contributed by atoms with Gasteiger partial charge in [0.1, 0.15) is 22.4 Å². The molecule has 0 aliphatic carbocycles. The lowest BCUT2D eigenvalue weighted by Crippen LogP contribution is -2.28. The van der Waals surface area contributed by atoms with Crippen LogP contribution in [0.2, 0.25) is 0 Å². The van der Waals surface area contributed by atoms with Gasteiger partial charge in [-0.3, -0.25) is 23.4 Å². The Kier molecular flexibility index (Phi) is 5.65. The highest BCUT2D eigenvalue weighted by atomic mass is 32.1. The first-order chi connectivity index (χ1) is 13.5. The lowest BCUT2D eigenvalue weighted by molar-refractivity contribution is -0.0229. The maximum Gasteiger partial charge on any atom is 0.397 e. The number of nitrogens with zero attached hydrogens (tertiary/aromatic N) is 1. The number of rotatable bonds is 5. The predicted octanol–water partition coefficient (Wildman–Crippen LogP) is 3.39. The lowest BCUT2D eigenvalue weighted by Gasteiger charge is -2.24. The second kappa shape index (κ2) is 8.18. The van der Waals surface area contributed by atoms with Crippen LogP contribution >= 0.6 is 20.8 Å². The topological polar surface area (TPSA) is 91.8 Å². The summed E-state index contributed by atoms with van der Waals surface area (Å²) in [5, 5.41) is 0. The summed E-state index contributed by atoms with van der Waals surface area (Å²) in [6, 6.07) is 4.23. The molecule has 0 radical (unpaired) electrons. The second-order valence-electron chi connectivity index (χ2n) is 6.30. The average Bonchev–Trinajstić information content (AvgIpc) is 3.15. The predicted molar refractivity (Wildman–Crippen MR) is 99.1 cm³/mol. The average molecular weight is 426 g/mol. The van der Waals surface area contributed by atoms with E-state index in [0.717, 1.165) is 0 Å². The fourth-order valence-corrected chi connectivity index (χ4v) is 4.24. The van der Waals surface area contributed by atoms with Crippen molar-refractivity contribution < 1.29 is 27.5 Å². The molecule has 0 bridgehead atoms. The van der Waals surface area contributed by atoms with Crippen molar-refractivity contribution in [1.82, 2.24) is 9.55 Å². The van der Waals surface area contributed by atoms with E-state index in [2.05, 4.69) is 4.98 Å². The van der Waals surface area contributed by atoms with E-state index in [1.807, 2.05) is 0 Å². The summed E-state index contributed by atoms with van der Waals surface area (Å²) in [5.74, 6) is 0.189. The zero-order valence-electron chi connectivity index (χ0n) is 14.5. The van der Waals surface area contributed by atoms with Crippen LogP contribution in [0.25, 0.3) is 0 Å². The molecule has 2 aliphatic heterocycles. The van der Waals surface area contributed by atoms with E-state index in [0.29, 0.717) is 30.4 Å². The molecule has 0 amide bonds. The molecule has 1 aromatic carbocycles. The Hall–Kier alpha value is -1.97. The number of halogens is 1. The number of nitrogens with one attached hydrogen (secondary N) is 1. The first-order valence-corrected chi connectivity index (χ1v) is 10.0. The van der Waals surface area contributed by atoms with E-state index in [1.165, 1.54) is 22.9 Å². The minimum absolute atomic E-state index is 0.101. The maximum absolute atomic E-state index is 13.2. The fourth-order valence-electron chi connectivity index (χ4n) is 3.00. The second-order valence-corrected chi connectivity index (χ2v) is 7.85. The zero-order valence-corrected chi connectivity index (χ0v) is 16.2. The molecule has 3 unspecified atom stereocenters. The van der Waals surface area contributed by atoms with Gasteiger partial charge in [0, 0.05) is 11.8 Å². The number of hydrogen-bond donors (Lipinski definition) is 1. The SMILES string of the molecule is O=Cc1cn(C2CCC(COP3OCc4cc(F)ccc4O3)O2)c(=O)[nH]c1=S. The quantitative estimate of drug-likeness (QED) is 0.445. The van der Waals surface area contributed by atoms with Crippen molar-refractivity contribution in [2.24, 2.45) is 0 Å². The van der Waals surface area contributed by atoms with Crippen molar-refractivity contribution in [2.75, 3.05) is 6.61 Å². The number of aromatic amines is 1. The number of carbonyl (C=O) groups excluding carboxylic acids is 1. The van der Waals surface area contributed by atoms with Crippen LogP contribution in [-0.2, 0) is 20.4 Å². The highest BCUT2D eigenvalue weighted by molar-refractivity contribution is 7.71. The molecule has 1 N–H and O–H groups in total. The molecular formula is C17H16FN2O6PS. The van der Waals surface area contributed by atoms with E-state index in [9.17, 15) is 14.0 Å². The molecule has 0 spiro atoms. The molecule has 3 heterocycles. The van der Waals surface area contributed by atoms with Crippen LogP contribution in [0.1, 0.15) is 35.0 Å². The molecule has 28 heavy (non-hydrogen) atoms. The van der Waals surface area contributed by atoms with Gasteiger partial charge < -0.3 is 9.26 Å². The van der Waals surface area contributed by atoms with Crippen LogP contribution in [-0.4, -0.2) is 28.5 Å². The number of aldehydes is 1. The molecule has 2 aliphatic rings. The number of H-pyrrole nitrogens is 1. The van der Waals surface area contributed by atoms with Gasteiger partial charge in [0.15, 0.2) is 6.29 Å². The molecule has 3 atom stereocenters. The fraction of sp³-hybridized carbons (Fsp3) is 0.353. The number of hydrogen-bond acceptors (Lipinski definition) is 7. The van der Waals surface area contributed by atoms with Gasteiger partial charge in [-0.25, -0.2) is 9.18 Å². The third kappa shape index (κ3) is 4.06. The summed E-state index contributed by atoms with van der Waals surface area (Å²) < 4.78 is 37.3. The van der Waals surface area contributed by atoms with Crippen LogP contribution in [0.15, 0.2) is 29.2 Å². The minimum Gasteiger partial charge on any atom is -0.426 e. The molecule has 1 fully saturated rings. The van der Waals surface area contributed by atoms with E-state index >= 15 is 0 Å². The van der Waals surface area contributed by atoms with Crippen molar-refractivity contribution in [1.29, 1.82) is 0 Å². The van der Waals surface area contributed by atoms with Crippen molar-refractivity contribution in [3.8, 4) is 5.75 Å². The smallest absolute Gasteiger partial charge is 0.397 e. The summed E-state index contributed by atoms with van der Waals surface area (Å²) in [6.45, 7) is 0.428. The van der Waals surface area contributed by atoms with Gasteiger partial charge >= 0.3 is 14.3 Å². The van der Waals surface area contributed by atoms with Crippen LogP contribution in [0.4, 0.5) is 4.39 Å². The zero-order chi connectivity index (χ0) is 19.7. The number of carbonyl (C=O) groups is 1. The van der Waals surface area contributed by atoms with Crippen molar-refractivity contribution in [3.63, 3.8) is 0 Å². The van der Waals surface area contributed by atoms with Crippen molar-refractivity contribution in [3.05, 3.63) is 56.5 Å². The normalized spacial score (nSPS) is 23.8. The molecule has 1 aromatic heterocycles. The Morgan fingerprint density at radius 2 is 2.29 bits per heavy atom. The molecule has 8 nitrogen and oxygen atoms in total. The summed E-state index contributed by atoms with van der Waals surface area (Å²) in [6.07, 6.45) is 2.46. The number of fused-ring (bicyclic) bond motifs is 1. The first-order valence-electron chi connectivity index (χ1n) is 8.52. The molecule has 4 rings (SSSR count). The number of ether oxygens (including phenoxy) is 1. The number of benzene rings is 1.